The van der Waals surface area contributed by atoms with Gasteiger partial charge in [0.2, 0.25) is 0 Å². The van der Waals surface area contributed by atoms with Crippen molar-refractivity contribution in [1.29, 1.82) is 0 Å². The number of benzene rings is 2. The highest BCUT2D eigenvalue weighted by Gasteiger charge is 2.20. The lowest BCUT2D eigenvalue weighted by Gasteiger charge is -2.08. The van der Waals surface area contributed by atoms with Crippen LogP contribution >= 0.6 is 0 Å². The van der Waals surface area contributed by atoms with Crippen LogP contribution in [0.25, 0.3) is 21.9 Å². The van der Waals surface area contributed by atoms with E-state index in [-0.39, 0.29) is 23.6 Å². The van der Waals surface area contributed by atoms with E-state index in [0.29, 0.717) is 16.4 Å². The summed E-state index contributed by atoms with van der Waals surface area (Å²) >= 11 is 0. The maximum absolute atomic E-state index is 13.4. The van der Waals surface area contributed by atoms with Gasteiger partial charge in [-0.2, -0.15) is 13.9 Å². The predicted molar refractivity (Wildman–Crippen MR) is 86.2 cm³/mol. The van der Waals surface area contributed by atoms with E-state index in [1.54, 1.807) is 48.5 Å². The smallest absolute Gasteiger partial charge is 0.359 e. The Morgan fingerprint density at radius 2 is 1.92 bits per heavy atom. The summed E-state index contributed by atoms with van der Waals surface area (Å²) in [6.07, 6.45) is 0. The average Bonchev–Trinajstić information content (AvgIpc) is 3.20. The van der Waals surface area contributed by atoms with Gasteiger partial charge in [0.15, 0.2) is 11.5 Å². The molecule has 126 valence electrons. The monoisotopic (exact) mass is 342 g/mol. The summed E-state index contributed by atoms with van der Waals surface area (Å²) < 4.78 is 32.6. The quantitative estimate of drug-likeness (QED) is 0.575. The van der Waals surface area contributed by atoms with Gasteiger partial charge in [0.1, 0.15) is 6.61 Å². The molecule has 2 aromatic carbocycles. The summed E-state index contributed by atoms with van der Waals surface area (Å²) in [6, 6.07) is 13.6. The number of aromatic nitrogens is 4. The first-order chi connectivity index (χ1) is 12.1. The van der Waals surface area contributed by atoms with Gasteiger partial charge in [-0.05, 0) is 18.2 Å². The number of nitrogens with zero attached hydrogens (tertiary/aromatic N) is 3. The molecule has 0 radical (unpaired) electrons. The van der Waals surface area contributed by atoms with Gasteiger partial charge in [0.05, 0.1) is 16.6 Å². The molecule has 2 heterocycles. The number of aromatic amines is 1. The number of esters is 1. The second-order valence-corrected chi connectivity index (χ2v) is 5.36. The highest BCUT2D eigenvalue weighted by Crippen LogP contribution is 2.24. The molecule has 0 unspecified atom stereocenters. The number of rotatable bonds is 4. The van der Waals surface area contributed by atoms with Gasteiger partial charge in [-0.25, -0.2) is 9.78 Å². The number of para-hydroxylation sites is 3. The fraction of sp³-hybridized carbons (Fsp3) is 0.118. The van der Waals surface area contributed by atoms with E-state index < -0.39 is 12.5 Å². The Bertz CT molecular complexity index is 1070. The first kappa shape index (κ1) is 15.3. The minimum absolute atomic E-state index is 0.0237. The highest BCUT2D eigenvalue weighted by atomic mass is 19.3. The summed E-state index contributed by atoms with van der Waals surface area (Å²) in [7, 11) is 0. The van der Waals surface area contributed by atoms with Crippen LogP contribution in [0.1, 0.15) is 22.9 Å². The topological polar surface area (TPSA) is 72.8 Å². The number of hydrogen-bond donors (Lipinski definition) is 1. The Morgan fingerprint density at radius 1 is 1.16 bits per heavy atom. The molecule has 0 aliphatic carbocycles. The van der Waals surface area contributed by atoms with Crippen LogP contribution in [-0.4, -0.2) is 25.7 Å². The largest absolute Gasteiger partial charge is 0.453 e. The molecule has 0 aliphatic heterocycles. The van der Waals surface area contributed by atoms with Crippen molar-refractivity contribution in [1.82, 2.24) is 19.7 Å². The first-order valence-electron chi connectivity index (χ1n) is 7.49. The minimum Gasteiger partial charge on any atom is -0.453 e. The zero-order chi connectivity index (χ0) is 17.4. The lowest BCUT2D eigenvalue weighted by molar-refractivity contribution is 0.0383. The third-order valence-corrected chi connectivity index (χ3v) is 3.86. The molecule has 4 rings (SSSR count). The number of nitrogens with one attached hydrogen (secondary N) is 1. The Hall–Kier alpha value is -3.29. The van der Waals surface area contributed by atoms with Crippen molar-refractivity contribution in [3.05, 3.63) is 60.0 Å². The third-order valence-electron chi connectivity index (χ3n) is 3.86. The van der Waals surface area contributed by atoms with Crippen molar-refractivity contribution in [2.75, 3.05) is 0 Å². The highest BCUT2D eigenvalue weighted by molar-refractivity contribution is 6.01. The van der Waals surface area contributed by atoms with E-state index in [4.69, 9.17) is 4.74 Å². The summed E-state index contributed by atoms with van der Waals surface area (Å²) in [5.74, 6) is -0.727. The van der Waals surface area contributed by atoms with E-state index in [2.05, 4.69) is 15.2 Å². The van der Waals surface area contributed by atoms with E-state index in [1.807, 2.05) is 0 Å². The molecule has 0 atom stereocenters. The van der Waals surface area contributed by atoms with Gasteiger partial charge < -0.3 is 4.74 Å². The van der Waals surface area contributed by atoms with Gasteiger partial charge >= 0.3 is 12.5 Å². The van der Waals surface area contributed by atoms with Crippen LogP contribution < -0.4 is 0 Å². The molecule has 0 fully saturated rings. The SMILES string of the molecule is O=C(OCc1nc2ccccc2n1C(F)F)c1n[nH]c2ccccc12. The zero-order valence-corrected chi connectivity index (χ0v) is 12.8. The Balaban J connectivity index is 1.62. The van der Waals surface area contributed by atoms with Crippen LogP contribution in [0.15, 0.2) is 48.5 Å². The van der Waals surface area contributed by atoms with Gasteiger partial charge in [-0.1, -0.05) is 30.3 Å². The molecule has 4 aromatic rings. The summed E-state index contributed by atoms with van der Waals surface area (Å²) in [5, 5.41) is 7.27. The minimum atomic E-state index is -2.78. The van der Waals surface area contributed by atoms with Crippen LogP contribution in [-0.2, 0) is 11.3 Å². The van der Waals surface area contributed by atoms with E-state index in [9.17, 15) is 13.6 Å². The lowest BCUT2D eigenvalue weighted by atomic mass is 10.2. The number of fused-ring (bicyclic) bond motifs is 2. The number of alkyl halides is 2. The third kappa shape index (κ3) is 2.61. The molecular weight excluding hydrogens is 330 g/mol. The number of imidazole rings is 1. The fourth-order valence-corrected chi connectivity index (χ4v) is 2.73. The number of carbonyl (C=O) groups is 1. The zero-order valence-electron chi connectivity index (χ0n) is 12.8. The van der Waals surface area contributed by atoms with Gasteiger partial charge in [-0.3, -0.25) is 9.67 Å². The van der Waals surface area contributed by atoms with Gasteiger partial charge in [-0.15, -0.1) is 0 Å². The van der Waals surface area contributed by atoms with Gasteiger partial charge in [0, 0.05) is 5.39 Å². The molecular formula is C17H12F2N4O2. The second-order valence-electron chi connectivity index (χ2n) is 5.36. The molecule has 1 N–H and O–H groups in total. The first-order valence-corrected chi connectivity index (χ1v) is 7.49. The van der Waals surface area contributed by atoms with E-state index in [1.165, 1.54) is 0 Å². The molecule has 6 nitrogen and oxygen atoms in total. The summed E-state index contributed by atoms with van der Waals surface area (Å²) in [6.45, 7) is -3.16. The molecule has 0 amide bonds. The number of halogens is 2. The van der Waals surface area contributed by atoms with Crippen molar-refractivity contribution >= 4 is 27.9 Å². The molecule has 8 heteroatoms. The van der Waals surface area contributed by atoms with Crippen molar-refractivity contribution < 1.29 is 18.3 Å². The molecule has 25 heavy (non-hydrogen) atoms. The maximum Gasteiger partial charge on any atom is 0.359 e. The molecule has 0 saturated carbocycles. The molecule has 0 saturated heterocycles. The second kappa shape index (κ2) is 5.97. The van der Waals surface area contributed by atoms with Crippen LogP contribution in [0, 0.1) is 0 Å². The molecule has 2 aromatic heterocycles. The number of ether oxygens (including phenoxy) is 1. The Labute approximate surface area is 140 Å². The normalized spacial score (nSPS) is 11.5. The van der Waals surface area contributed by atoms with E-state index in [0.717, 1.165) is 4.57 Å². The van der Waals surface area contributed by atoms with Crippen molar-refractivity contribution in [2.45, 2.75) is 13.2 Å². The van der Waals surface area contributed by atoms with Crippen LogP contribution in [0.4, 0.5) is 8.78 Å². The van der Waals surface area contributed by atoms with Crippen molar-refractivity contribution in [2.24, 2.45) is 0 Å². The standard InChI is InChI=1S/C17H12F2N4O2/c18-17(19)23-13-8-4-3-7-12(13)20-14(23)9-25-16(24)15-10-5-1-2-6-11(10)21-22-15/h1-8,17H,9H2,(H,21,22). The number of H-pyrrole nitrogens is 1. The van der Waals surface area contributed by atoms with E-state index >= 15 is 0 Å². The average molecular weight is 342 g/mol. The van der Waals surface area contributed by atoms with Crippen molar-refractivity contribution in [3.63, 3.8) is 0 Å². The Morgan fingerprint density at radius 3 is 2.76 bits per heavy atom. The van der Waals surface area contributed by atoms with Crippen LogP contribution in [0.5, 0.6) is 0 Å². The molecule has 0 spiro atoms. The molecule has 0 aliphatic rings. The van der Waals surface area contributed by atoms with Crippen molar-refractivity contribution in [3.8, 4) is 0 Å². The number of hydrogen-bond acceptors (Lipinski definition) is 4. The molecule has 0 bridgehead atoms. The summed E-state index contributed by atoms with van der Waals surface area (Å²) in [5.41, 5.74) is 1.50. The fourth-order valence-electron chi connectivity index (χ4n) is 2.73. The summed E-state index contributed by atoms with van der Waals surface area (Å²) in [4.78, 5) is 16.4. The Kier molecular flexibility index (Phi) is 3.64. The van der Waals surface area contributed by atoms with Crippen LogP contribution in [0.3, 0.4) is 0 Å². The predicted octanol–water partition coefficient (Wildman–Crippen LogP) is 3.66. The number of carbonyl (C=O) groups excluding carboxylic acids is 1. The maximum atomic E-state index is 13.4. The van der Waals surface area contributed by atoms with Crippen LogP contribution in [0.2, 0.25) is 0 Å². The lowest BCUT2D eigenvalue weighted by Crippen LogP contribution is -2.11. The van der Waals surface area contributed by atoms with Gasteiger partial charge in [0.25, 0.3) is 0 Å².